The smallest absolute Gasteiger partial charge is 0.364 e. The number of carboxylic acid groups (broad SMARTS) is 1. The first-order valence-corrected chi connectivity index (χ1v) is 12.1. The molecule has 0 amide bonds. The van der Waals surface area contributed by atoms with Gasteiger partial charge in [0.2, 0.25) is 0 Å². The highest BCUT2D eigenvalue weighted by Gasteiger charge is 2.47. The van der Waals surface area contributed by atoms with Crippen molar-refractivity contribution < 1.29 is 29.3 Å². The fraction of sp³-hybridized carbons (Fsp3) is 0.462. The van der Waals surface area contributed by atoms with Gasteiger partial charge in [-0.1, -0.05) is 62.2 Å². The second kappa shape index (κ2) is 10.4. The number of halogens is 2. The van der Waals surface area contributed by atoms with Crippen molar-refractivity contribution in [1.82, 2.24) is 0 Å². The van der Waals surface area contributed by atoms with E-state index in [4.69, 9.17) is 32.7 Å². The topological polar surface area (TPSA) is 96.3 Å². The van der Waals surface area contributed by atoms with Crippen molar-refractivity contribution in [2.45, 2.75) is 65.3 Å². The molecule has 0 fully saturated rings. The predicted molar refractivity (Wildman–Crippen MR) is 135 cm³/mol. The van der Waals surface area contributed by atoms with Crippen molar-refractivity contribution in [3.05, 3.63) is 63.6 Å². The summed E-state index contributed by atoms with van der Waals surface area (Å²) in [7, 11) is 0. The fourth-order valence-electron chi connectivity index (χ4n) is 4.22. The Hall–Kier alpha value is -2.16. The third-order valence-corrected chi connectivity index (χ3v) is 6.19. The van der Waals surface area contributed by atoms with Gasteiger partial charge in [-0.25, -0.2) is 4.79 Å². The second-order valence-electron chi connectivity index (χ2n) is 10.1. The van der Waals surface area contributed by atoms with Crippen LogP contribution in [-0.4, -0.2) is 46.6 Å². The molecule has 4 atom stereocenters. The Morgan fingerprint density at radius 1 is 1.11 bits per heavy atom. The Balaban J connectivity index is 2.22. The number of hydrogen-bond acceptors (Lipinski definition) is 6. The molecule has 2 aromatic rings. The van der Waals surface area contributed by atoms with E-state index in [9.17, 15) is 19.8 Å². The average molecular weight is 524 g/mol. The molecule has 1 heterocycles. The van der Waals surface area contributed by atoms with Gasteiger partial charge in [-0.05, 0) is 43.5 Å². The summed E-state index contributed by atoms with van der Waals surface area (Å²) in [6.07, 6.45) is -3.16. The monoisotopic (exact) mass is 523 g/mol. The highest BCUT2D eigenvalue weighted by atomic mass is 35.5. The molecule has 0 radical (unpaired) electrons. The maximum atomic E-state index is 12.0. The number of anilines is 1. The summed E-state index contributed by atoms with van der Waals surface area (Å²) in [6.45, 7) is 9.43. The molecule has 2 aromatic carbocycles. The summed E-state index contributed by atoms with van der Waals surface area (Å²) in [5.74, 6) is -4.92. The number of fused-ring (bicyclic) bond motifs is 1. The summed E-state index contributed by atoms with van der Waals surface area (Å²) in [5.41, 5.74) is 1.86. The fourth-order valence-corrected chi connectivity index (χ4v) is 4.64. The van der Waals surface area contributed by atoms with Crippen molar-refractivity contribution in [3.63, 3.8) is 0 Å². The van der Waals surface area contributed by atoms with Gasteiger partial charge in [-0.3, -0.25) is 4.79 Å². The standard InChI is InChI=1S/C26H31Cl2NO6/c1-15(30)13-26(33,24(31)32)35-23-16(2)34-22(18-8-6-7-9-20(18)28)19-12-17(27)10-11-21(19)29(23)14-25(3,4)5/h6-12,16,22-23,33H,13-14H2,1-5H3,(H,31,32)/t16-,22-,23?,26-/m1/s1. The minimum atomic E-state index is -2.74. The lowest BCUT2D eigenvalue weighted by molar-refractivity contribution is -0.254. The van der Waals surface area contributed by atoms with Crippen molar-refractivity contribution in [1.29, 1.82) is 0 Å². The predicted octanol–water partition coefficient (Wildman–Crippen LogP) is 5.45. The van der Waals surface area contributed by atoms with Crippen LogP contribution in [0.3, 0.4) is 0 Å². The van der Waals surface area contributed by atoms with Gasteiger partial charge >= 0.3 is 5.97 Å². The first-order valence-electron chi connectivity index (χ1n) is 11.3. The van der Waals surface area contributed by atoms with Crippen LogP contribution in [0.25, 0.3) is 0 Å². The van der Waals surface area contributed by atoms with Crippen LogP contribution >= 0.6 is 23.2 Å². The van der Waals surface area contributed by atoms with Crippen LogP contribution in [0.2, 0.25) is 10.0 Å². The maximum Gasteiger partial charge on any atom is 0.364 e. The van der Waals surface area contributed by atoms with Crippen LogP contribution in [0, 0.1) is 5.41 Å². The van der Waals surface area contributed by atoms with Gasteiger partial charge in [0.15, 0.2) is 6.23 Å². The van der Waals surface area contributed by atoms with E-state index < -0.39 is 42.4 Å². The second-order valence-corrected chi connectivity index (χ2v) is 11.0. The summed E-state index contributed by atoms with van der Waals surface area (Å²) < 4.78 is 12.3. The molecule has 35 heavy (non-hydrogen) atoms. The van der Waals surface area contributed by atoms with Gasteiger partial charge in [-0.15, -0.1) is 0 Å². The lowest BCUT2D eigenvalue weighted by Crippen LogP contribution is -2.55. The van der Waals surface area contributed by atoms with Gasteiger partial charge in [0.05, 0.1) is 6.42 Å². The molecule has 0 aromatic heterocycles. The van der Waals surface area contributed by atoms with Crippen molar-refractivity contribution in [2.75, 3.05) is 11.4 Å². The van der Waals surface area contributed by atoms with E-state index in [0.29, 0.717) is 27.8 Å². The van der Waals surface area contributed by atoms with Crippen LogP contribution in [0.4, 0.5) is 5.69 Å². The van der Waals surface area contributed by atoms with Crippen molar-refractivity contribution in [3.8, 4) is 0 Å². The number of aliphatic hydroxyl groups is 1. The number of rotatable bonds is 7. The average Bonchev–Trinajstić information content (AvgIpc) is 2.82. The number of carbonyl (C=O) groups is 2. The molecule has 190 valence electrons. The van der Waals surface area contributed by atoms with Crippen LogP contribution in [-0.2, 0) is 19.1 Å². The molecular weight excluding hydrogens is 493 g/mol. The zero-order valence-electron chi connectivity index (χ0n) is 20.4. The molecule has 0 spiro atoms. The number of ether oxygens (including phenoxy) is 2. The zero-order chi connectivity index (χ0) is 26.1. The Morgan fingerprint density at radius 2 is 1.77 bits per heavy atom. The van der Waals surface area contributed by atoms with E-state index in [1.807, 2.05) is 49.9 Å². The molecule has 3 rings (SSSR count). The number of benzene rings is 2. The lowest BCUT2D eigenvalue weighted by Gasteiger charge is -2.41. The summed E-state index contributed by atoms with van der Waals surface area (Å²) >= 11 is 12.9. The van der Waals surface area contributed by atoms with Gasteiger partial charge < -0.3 is 24.6 Å². The molecular formula is C26H31Cl2NO6. The van der Waals surface area contributed by atoms with E-state index in [1.165, 1.54) is 6.92 Å². The van der Waals surface area contributed by atoms with Crippen LogP contribution in [0.5, 0.6) is 0 Å². The minimum absolute atomic E-state index is 0.260. The first-order chi connectivity index (χ1) is 16.2. The number of hydrogen-bond donors (Lipinski definition) is 2. The molecule has 0 saturated heterocycles. The maximum absolute atomic E-state index is 12.0. The molecule has 0 bridgehead atoms. The van der Waals surface area contributed by atoms with Crippen LogP contribution in [0.1, 0.15) is 58.3 Å². The molecule has 9 heteroatoms. The quantitative estimate of drug-likeness (QED) is 0.465. The van der Waals surface area contributed by atoms with E-state index in [-0.39, 0.29) is 5.41 Å². The highest BCUT2D eigenvalue weighted by molar-refractivity contribution is 6.31. The summed E-state index contributed by atoms with van der Waals surface area (Å²) in [6, 6.07) is 12.6. The Bertz CT molecular complexity index is 1100. The van der Waals surface area contributed by atoms with Crippen molar-refractivity contribution >= 4 is 40.6 Å². The number of ketones is 1. The SMILES string of the molecule is CC(=O)C[C@@](O)(OC1[C@@H](C)O[C@H](c2ccccc2Cl)c2cc(Cl)ccc2N1CC(C)(C)C)C(=O)O. The summed E-state index contributed by atoms with van der Waals surface area (Å²) in [5, 5.41) is 21.6. The molecule has 7 nitrogen and oxygen atoms in total. The van der Waals surface area contributed by atoms with Crippen LogP contribution < -0.4 is 4.90 Å². The number of carbonyl (C=O) groups excluding carboxylic acids is 1. The van der Waals surface area contributed by atoms with E-state index in [1.54, 1.807) is 25.1 Å². The zero-order valence-corrected chi connectivity index (χ0v) is 21.9. The first kappa shape index (κ1) is 27.4. The molecule has 0 saturated carbocycles. The third kappa shape index (κ3) is 6.35. The van der Waals surface area contributed by atoms with Gasteiger partial charge in [0.25, 0.3) is 5.79 Å². The molecule has 1 aliphatic heterocycles. The molecule has 1 unspecified atom stereocenters. The van der Waals surface area contributed by atoms with Crippen molar-refractivity contribution in [2.24, 2.45) is 5.41 Å². The van der Waals surface area contributed by atoms with Gasteiger partial charge in [0.1, 0.15) is 18.0 Å². The summed E-state index contributed by atoms with van der Waals surface area (Å²) in [4.78, 5) is 25.7. The minimum Gasteiger partial charge on any atom is -0.477 e. The van der Waals surface area contributed by atoms with E-state index >= 15 is 0 Å². The van der Waals surface area contributed by atoms with Gasteiger partial charge in [0, 0.05) is 33.4 Å². The normalized spacial score (nSPS) is 22.2. The number of nitrogens with zero attached hydrogens (tertiary/aromatic N) is 1. The van der Waals surface area contributed by atoms with Crippen LogP contribution in [0.15, 0.2) is 42.5 Å². The largest absolute Gasteiger partial charge is 0.477 e. The van der Waals surface area contributed by atoms with E-state index in [2.05, 4.69) is 0 Å². The highest BCUT2D eigenvalue weighted by Crippen LogP contribution is 2.44. The number of carboxylic acids is 1. The molecule has 1 aliphatic rings. The van der Waals surface area contributed by atoms with E-state index in [0.717, 1.165) is 5.56 Å². The third-order valence-electron chi connectivity index (χ3n) is 5.61. The molecule has 2 N–H and O–H groups in total. The number of Topliss-reactive ketones (excluding diaryl/α,β-unsaturated/α-hetero) is 1. The Kier molecular flexibility index (Phi) is 8.19. The Morgan fingerprint density at radius 3 is 2.34 bits per heavy atom. The number of aliphatic carboxylic acids is 1. The Labute approximate surface area is 215 Å². The lowest BCUT2D eigenvalue weighted by atomic mass is 9.94. The van der Waals surface area contributed by atoms with Gasteiger partial charge in [-0.2, -0.15) is 0 Å². The molecule has 0 aliphatic carbocycles.